The molecule has 0 aromatic heterocycles. The van der Waals surface area contributed by atoms with Gasteiger partial charge in [-0.1, -0.05) is 0 Å². The van der Waals surface area contributed by atoms with E-state index in [2.05, 4.69) is 4.72 Å². The van der Waals surface area contributed by atoms with Gasteiger partial charge in [-0.15, -0.1) is 0 Å². The first-order chi connectivity index (χ1) is 8.85. The minimum atomic E-state index is -3.79. The summed E-state index contributed by atoms with van der Waals surface area (Å²) in [5, 5.41) is 17.1. The van der Waals surface area contributed by atoms with E-state index in [1.165, 1.54) is 31.3 Å². The number of carbonyl (C=O) groups is 1. The van der Waals surface area contributed by atoms with Crippen LogP contribution in [0.5, 0.6) is 0 Å². The van der Waals surface area contributed by atoms with Crippen LogP contribution >= 0.6 is 0 Å². The second-order valence-corrected chi connectivity index (χ2v) is 5.54. The van der Waals surface area contributed by atoms with E-state index in [9.17, 15) is 13.2 Å². The van der Waals surface area contributed by atoms with Crippen molar-refractivity contribution >= 4 is 21.9 Å². The second kappa shape index (κ2) is 6.17. The Balaban J connectivity index is 2.73. The molecule has 0 atom stereocenters. The minimum Gasteiger partial charge on any atom is -0.481 e. The normalized spacial score (nSPS) is 11.0. The van der Waals surface area contributed by atoms with Crippen molar-refractivity contribution in [2.75, 3.05) is 18.3 Å². The van der Waals surface area contributed by atoms with Crippen LogP contribution in [0, 0.1) is 11.3 Å². The summed E-state index contributed by atoms with van der Waals surface area (Å²) in [7, 11) is -2.50. The van der Waals surface area contributed by atoms with Gasteiger partial charge in [0.1, 0.15) is 0 Å². The third-order valence-corrected chi connectivity index (χ3v) is 3.81. The number of nitrogens with zero attached hydrogens (tertiary/aromatic N) is 2. The van der Waals surface area contributed by atoms with Crippen molar-refractivity contribution in [1.82, 2.24) is 4.31 Å². The van der Waals surface area contributed by atoms with Crippen LogP contribution in [0.3, 0.4) is 0 Å². The van der Waals surface area contributed by atoms with E-state index < -0.39 is 16.2 Å². The Hall–Kier alpha value is -2.11. The summed E-state index contributed by atoms with van der Waals surface area (Å²) in [6, 6.07) is 7.80. The van der Waals surface area contributed by atoms with Gasteiger partial charge in [0.15, 0.2) is 0 Å². The minimum absolute atomic E-state index is 0.124. The lowest BCUT2D eigenvalue weighted by molar-refractivity contribution is -0.137. The van der Waals surface area contributed by atoms with Gasteiger partial charge in [-0.25, -0.2) is 0 Å². The molecule has 0 aliphatic rings. The Bertz CT molecular complexity index is 589. The molecule has 0 heterocycles. The molecular weight excluding hydrogens is 270 g/mol. The van der Waals surface area contributed by atoms with Crippen LogP contribution in [0.2, 0.25) is 0 Å². The van der Waals surface area contributed by atoms with Gasteiger partial charge >= 0.3 is 16.2 Å². The van der Waals surface area contributed by atoms with E-state index in [1.807, 2.05) is 6.07 Å². The summed E-state index contributed by atoms with van der Waals surface area (Å²) in [5.41, 5.74) is 0.725. The number of hydrogen-bond donors (Lipinski definition) is 2. The Morgan fingerprint density at radius 1 is 1.42 bits per heavy atom. The fraction of sp³-hybridized carbons (Fsp3) is 0.273. The van der Waals surface area contributed by atoms with Crippen LogP contribution in [0.1, 0.15) is 12.0 Å². The first-order valence-electron chi connectivity index (χ1n) is 5.31. The summed E-state index contributed by atoms with van der Waals surface area (Å²) >= 11 is 0. The molecule has 19 heavy (non-hydrogen) atoms. The van der Waals surface area contributed by atoms with Crippen molar-refractivity contribution in [3.63, 3.8) is 0 Å². The Labute approximate surface area is 111 Å². The molecule has 102 valence electrons. The summed E-state index contributed by atoms with van der Waals surface area (Å²) in [5.74, 6) is -1.07. The zero-order valence-electron chi connectivity index (χ0n) is 10.2. The van der Waals surface area contributed by atoms with Gasteiger partial charge in [0.25, 0.3) is 0 Å². The monoisotopic (exact) mass is 283 g/mol. The standard InChI is InChI=1S/C11H13N3O4S/c1-14(7-6-11(15)16)19(17,18)13-10-4-2-9(8-12)3-5-10/h2-5,13H,6-7H2,1H3,(H,15,16). The highest BCUT2D eigenvalue weighted by Crippen LogP contribution is 2.12. The molecule has 0 unspecified atom stereocenters. The fourth-order valence-electron chi connectivity index (χ4n) is 1.21. The molecule has 0 aliphatic carbocycles. The van der Waals surface area contributed by atoms with E-state index in [-0.39, 0.29) is 13.0 Å². The average molecular weight is 283 g/mol. The molecule has 8 heteroatoms. The van der Waals surface area contributed by atoms with Gasteiger partial charge in [0, 0.05) is 19.3 Å². The van der Waals surface area contributed by atoms with Crippen LogP contribution in [0.25, 0.3) is 0 Å². The maximum atomic E-state index is 11.8. The number of rotatable bonds is 6. The summed E-state index contributed by atoms with van der Waals surface area (Å²) in [6.45, 7) is -0.124. The highest BCUT2D eigenvalue weighted by atomic mass is 32.2. The number of hydrogen-bond acceptors (Lipinski definition) is 4. The van der Waals surface area contributed by atoms with E-state index in [0.29, 0.717) is 11.3 Å². The molecule has 1 aromatic carbocycles. The number of nitriles is 1. The van der Waals surface area contributed by atoms with Gasteiger partial charge in [-0.3, -0.25) is 9.52 Å². The van der Waals surface area contributed by atoms with Gasteiger partial charge in [-0.05, 0) is 24.3 Å². The molecule has 1 rings (SSSR count). The van der Waals surface area contributed by atoms with Crippen molar-refractivity contribution in [2.45, 2.75) is 6.42 Å². The molecule has 0 saturated carbocycles. The predicted octanol–water partition coefficient (Wildman–Crippen LogP) is 0.621. The van der Waals surface area contributed by atoms with Crippen LogP contribution in [0.15, 0.2) is 24.3 Å². The van der Waals surface area contributed by atoms with Crippen molar-refractivity contribution in [2.24, 2.45) is 0 Å². The molecule has 1 aromatic rings. The topological polar surface area (TPSA) is 110 Å². The number of carboxylic acids is 1. The summed E-state index contributed by atoms with van der Waals surface area (Å²) in [4.78, 5) is 10.4. The van der Waals surface area contributed by atoms with Gasteiger partial charge < -0.3 is 5.11 Å². The average Bonchev–Trinajstić information content (AvgIpc) is 2.36. The molecule has 0 amide bonds. The van der Waals surface area contributed by atoms with Crippen LogP contribution in [0.4, 0.5) is 5.69 Å². The Kier molecular flexibility index (Phi) is 4.86. The second-order valence-electron chi connectivity index (χ2n) is 3.76. The van der Waals surface area contributed by atoms with Gasteiger partial charge in [0.2, 0.25) is 0 Å². The van der Waals surface area contributed by atoms with E-state index in [0.717, 1.165) is 4.31 Å². The number of carboxylic acid groups (broad SMARTS) is 1. The van der Waals surface area contributed by atoms with E-state index >= 15 is 0 Å². The molecular formula is C11H13N3O4S. The maximum absolute atomic E-state index is 11.8. The predicted molar refractivity (Wildman–Crippen MR) is 68.6 cm³/mol. The summed E-state index contributed by atoms with van der Waals surface area (Å²) in [6.07, 6.45) is -0.273. The number of aliphatic carboxylic acids is 1. The zero-order valence-corrected chi connectivity index (χ0v) is 11.0. The molecule has 0 radical (unpaired) electrons. The fourth-order valence-corrected chi connectivity index (χ4v) is 2.13. The molecule has 0 bridgehead atoms. The Morgan fingerprint density at radius 2 is 2.00 bits per heavy atom. The SMILES string of the molecule is CN(CCC(=O)O)S(=O)(=O)Nc1ccc(C#N)cc1. The van der Waals surface area contributed by atoms with Crippen LogP contribution in [-0.2, 0) is 15.0 Å². The van der Waals surface area contributed by atoms with Crippen LogP contribution < -0.4 is 4.72 Å². The quantitative estimate of drug-likeness (QED) is 0.795. The number of benzene rings is 1. The lowest BCUT2D eigenvalue weighted by atomic mass is 10.2. The van der Waals surface area contributed by atoms with Crippen molar-refractivity contribution in [3.8, 4) is 6.07 Å². The highest BCUT2D eigenvalue weighted by Gasteiger charge is 2.18. The number of anilines is 1. The highest BCUT2D eigenvalue weighted by molar-refractivity contribution is 7.90. The van der Waals surface area contributed by atoms with Crippen molar-refractivity contribution in [3.05, 3.63) is 29.8 Å². The molecule has 7 nitrogen and oxygen atoms in total. The van der Waals surface area contributed by atoms with Crippen LogP contribution in [-0.4, -0.2) is 37.4 Å². The number of nitrogens with one attached hydrogen (secondary N) is 1. The third kappa shape index (κ3) is 4.57. The lowest BCUT2D eigenvalue weighted by Gasteiger charge is -2.17. The summed E-state index contributed by atoms with van der Waals surface area (Å²) < 4.78 is 26.9. The molecule has 0 saturated heterocycles. The third-order valence-electron chi connectivity index (χ3n) is 2.31. The maximum Gasteiger partial charge on any atom is 0.304 e. The van der Waals surface area contributed by atoms with E-state index in [1.54, 1.807) is 0 Å². The zero-order chi connectivity index (χ0) is 14.5. The van der Waals surface area contributed by atoms with Crippen molar-refractivity contribution < 1.29 is 18.3 Å². The van der Waals surface area contributed by atoms with E-state index in [4.69, 9.17) is 10.4 Å². The Morgan fingerprint density at radius 3 is 2.47 bits per heavy atom. The molecule has 0 aliphatic heterocycles. The first kappa shape index (κ1) is 14.9. The van der Waals surface area contributed by atoms with Gasteiger partial charge in [-0.2, -0.15) is 18.0 Å². The molecule has 0 fully saturated rings. The molecule has 2 N–H and O–H groups in total. The smallest absolute Gasteiger partial charge is 0.304 e. The molecule has 0 spiro atoms. The van der Waals surface area contributed by atoms with Crippen molar-refractivity contribution in [1.29, 1.82) is 5.26 Å². The van der Waals surface area contributed by atoms with Gasteiger partial charge in [0.05, 0.1) is 18.1 Å². The lowest BCUT2D eigenvalue weighted by Crippen LogP contribution is -2.34. The first-order valence-corrected chi connectivity index (χ1v) is 6.75. The largest absolute Gasteiger partial charge is 0.481 e.